The molecule has 1 N–H and O–H groups in total. The van der Waals surface area contributed by atoms with Gasteiger partial charge >= 0.3 is 0 Å². The molecule has 0 aliphatic carbocycles. The zero-order chi connectivity index (χ0) is 5.70. The molecule has 0 bridgehead atoms. The number of halogens is 1. The topological polar surface area (TPSA) is 20.2 Å². The number of alkyl halides is 1. The molecule has 0 saturated carbocycles. The zero-order valence-electron chi connectivity index (χ0n) is 4.52. The number of aliphatic hydroxyl groups is 1. The molecule has 1 unspecified atom stereocenters. The molecule has 0 saturated heterocycles. The molecule has 1 nitrogen and oxygen atoms in total. The molecule has 0 aromatic rings. The molecule has 0 rings (SSSR count). The molecule has 7 heavy (non-hydrogen) atoms. The van der Waals surface area contributed by atoms with Gasteiger partial charge in [-0.25, -0.2) is 0 Å². The summed E-state index contributed by atoms with van der Waals surface area (Å²) in [4.78, 5) is 0. The third kappa shape index (κ3) is 3.79. The molecule has 0 aromatic carbocycles. The quantitative estimate of drug-likeness (QED) is 0.490. The van der Waals surface area contributed by atoms with Crippen LogP contribution in [0.25, 0.3) is 0 Å². The molecule has 0 aromatic heterocycles. The summed E-state index contributed by atoms with van der Waals surface area (Å²) < 4.78 is 11.5. The van der Waals surface area contributed by atoms with Crippen molar-refractivity contribution in [1.29, 1.82) is 0 Å². The number of rotatable bonds is 3. The average Bonchev–Trinajstić information content (AvgIpc) is 1.68. The third-order valence-corrected chi connectivity index (χ3v) is 0.885. The molecule has 42 valence electrons. The minimum Gasteiger partial charge on any atom is -0.396 e. The van der Waals surface area contributed by atoms with Crippen LogP contribution >= 0.6 is 0 Å². The largest absolute Gasteiger partial charge is 0.396 e. The first-order chi connectivity index (χ1) is 3.31. The predicted molar refractivity (Wildman–Crippen MR) is 30.0 cm³/mol. The van der Waals surface area contributed by atoms with E-state index < -0.39 is 0 Å². The average molecular weight is 104 g/mol. The SMILES string of the molecule is BC(CF)CCO. The molecule has 0 fully saturated rings. The summed E-state index contributed by atoms with van der Waals surface area (Å²) in [6.07, 6.45) is 0.580. The van der Waals surface area contributed by atoms with Crippen molar-refractivity contribution in [2.24, 2.45) is 0 Å². The summed E-state index contributed by atoms with van der Waals surface area (Å²) >= 11 is 0. The molecule has 0 aliphatic heterocycles. The van der Waals surface area contributed by atoms with E-state index in [1.165, 1.54) is 0 Å². The molecule has 0 amide bonds. The Hall–Kier alpha value is -0.0451. The van der Waals surface area contributed by atoms with Gasteiger partial charge in [-0.15, -0.1) is 0 Å². The smallest absolute Gasteiger partial charge is 0.108 e. The van der Waals surface area contributed by atoms with Crippen LogP contribution in [0.4, 0.5) is 4.39 Å². The van der Waals surface area contributed by atoms with Crippen LogP contribution in [-0.4, -0.2) is 26.2 Å². The lowest BCUT2D eigenvalue weighted by Crippen LogP contribution is -1.96. The fourth-order valence-electron chi connectivity index (χ4n) is 0.298. The van der Waals surface area contributed by atoms with Crippen molar-refractivity contribution in [2.75, 3.05) is 13.3 Å². The van der Waals surface area contributed by atoms with E-state index in [1.807, 2.05) is 0 Å². The first-order valence-corrected chi connectivity index (χ1v) is 2.48. The van der Waals surface area contributed by atoms with Gasteiger partial charge in [0.05, 0.1) is 6.67 Å². The van der Waals surface area contributed by atoms with Crippen molar-refractivity contribution >= 4 is 7.85 Å². The molecule has 0 radical (unpaired) electrons. The van der Waals surface area contributed by atoms with Crippen molar-refractivity contribution < 1.29 is 9.50 Å². The lowest BCUT2D eigenvalue weighted by molar-refractivity contribution is 0.277. The summed E-state index contributed by atoms with van der Waals surface area (Å²) in [5, 5.41) is 8.20. The van der Waals surface area contributed by atoms with Crippen molar-refractivity contribution in [2.45, 2.75) is 12.2 Å². The summed E-state index contributed by atoms with van der Waals surface area (Å²) in [6.45, 7) is -0.217. The first-order valence-electron chi connectivity index (χ1n) is 2.48. The van der Waals surface area contributed by atoms with Gasteiger partial charge in [0, 0.05) is 6.61 Å². The molecular weight excluding hydrogens is 93.9 g/mol. The molecule has 1 atom stereocenters. The van der Waals surface area contributed by atoms with Gasteiger partial charge < -0.3 is 5.11 Å². The van der Waals surface area contributed by atoms with E-state index in [2.05, 4.69) is 0 Å². The van der Waals surface area contributed by atoms with Crippen molar-refractivity contribution in [3.05, 3.63) is 0 Å². The highest BCUT2D eigenvalue weighted by Gasteiger charge is 1.96. The maximum Gasteiger partial charge on any atom is 0.108 e. The number of aliphatic hydroxyl groups excluding tert-OH is 1. The van der Waals surface area contributed by atoms with Gasteiger partial charge in [0.1, 0.15) is 7.85 Å². The lowest BCUT2D eigenvalue weighted by atomic mass is 9.86. The first kappa shape index (κ1) is 6.95. The van der Waals surface area contributed by atoms with Gasteiger partial charge in [0.15, 0.2) is 0 Å². The Morgan fingerprint density at radius 1 is 1.71 bits per heavy atom. The third-order valence-electron chi connectivity index (χ3n) is 0.885. The summed E-state index contributed by atoms with van der Waals surface area (Å²) in [5.74, 6) is 0.0324. The van der Waals surface area contributed by atoms with Gasteiger partial charge in [0.2, 0.25) is 0 Å². The minimum absolute atomic E-state index is 0.0324. The second-order valence-electron chi connectivity index (χ2n) is 1.77. The van der Waals surface area contributed by atoms with E-state index >= 15 is 0 Å². The Labute approximate surface area is 43.9 Å². The van der Waals surface area contributed by atoms with E-state index in [0.29, 0.717) is 6.42 Å². The fourth-order valence-corrected chi connectivity index (χ4v) is 0.298. The van der Waals surface area contributed by atoms with Crippen LogP contribution in [0.15, 0.2) is 0 Å². The standard InChI is InChI=1S/C4H10BFO/c5-4(3-6)1-2-7/h4,7H,1-3,5H2. The Morgan fingerprint density at radius 2 is 2.29 bits per heavy atom. The fraction of sp³-hybridized carbons (Fsp3) is 1.00. The van der Waals surface area contributed by atoms with E-state index in [-0.39, 0.29) is 19.1 Å². The maximum atomic E-state index is 11.5. The summed E-state index contributed by atoms with van der Waals surface area (Å²) in [5.41, 5.74) is 0. The van der Waals surface area contributed by atoms with Crippen LogP contribution in [0.3, 0.4) is 0 Å². The van der Waals surface area contributed by atoms with E-state index in [4.69, 9.17) is 5.11 Å². The highest BCUT2D eigenvalue weighted by atomic mass is 19.1. The predicted octanol–water partition coefficient (Wildman–Crippen LogP) is -0.240. The molecule has 0 heterocycles. The lowest BCUT2D eigenvalue weighted by Gasteiger charge is -1.99. The number of hydrogen-bond donors (Lipinski definition) is 1. The summed E-state index contributed by atoms with van der Waals surface area (Å²) in [6, 6.07) is 0. The van der Waals surface area contributed by atoms with Crippen molar-refractivity contribution in [3.8, 4) is 0 Å². The van der Waals surface area contributed by atoms with Crippen LogP contribution in [0, 0.1) is 0 Å². The van der Waals surface area contributed by atoms with E-state index in [0.717, 1.165) is 0 Å². The van der Waals surface area contributed by atoms with Gasteiger partial charge in [-0.05, 0) is 12.2 Å². The van der Waals surface area contributed by atoms with Crippen LogP contribution < -0.4 is 0 Å². The summed E-state index contributed by atoms with van der Waals surface area (Å²) in [7, 11) is 1.77. The van der Waals surface area contributed by atoms with Crippen LogP contribution in [0.5, 0.6) is 0 Å². The molecular formula is C4H10BFO. The second kappa shape index (κ2) is 4.12. The van der Waals surface area contributed by atoms with E-state index in [9.17, 15) is 4.39 Å². The molecule has 0 aliphatic rings. The van der Waals surface area contributed by atoms with Gasteiger partial charge in [-0.1, -0.05) is 0 Å². The molecule has 3 heteroatoms. The maximum absolute atomic E-state index is 11.5. The Morgan fingerprint density at radius 3 is 2.43 bits per heavy atom. The highest BCUT2D eigenvalue weighted by molar-refractivity contribution is 6.11. The van der Waals surface area contributed by atoms with Crippen LogP contribution in [0.2, 0.25) is 5.82 Å². The molecule has 0 spiro atoms. The zero-order valence-corrected chi connectivity index (χ0v) is 4.52. The monoisotopic (exact) mass is 104 g/mol. The van der Waals surface area contributed by atoms with Gasteiger partial charge in [0.25, 0.3) is 0 Å². The van der Waals surface area contributed by atoms with E-state index in [1.54, 1.807) is 7.85 Å². The Bertz CT molecular complexity index is 42.7. The minimum atomic E-state index is -0.319. The van der Waals surface area contributed by atoms with Crippen LogP contribution in [0.1, 0.15) is 6.42 Å². The van der Waals surface area contributed by atoms with Crippen molar-refractivity contribution in [1.82, 2.24) is 0 Å². The van der Waals surface area contributed by atoms with Crippen molar-refractivity contribution in [3.63, 3.8) is 0 Å². The highest BCUT2D eigenvalue weighted by Crippen LogP contribution is 2.02. The normalized spacial score (nSPS) is 14.0. The van der Waals surface area contributed by atoms with Gasteiger partial charge in [-0.3, -0.25) is 4.39 Å². The van der Waals surface area contributed by atoms with Gasteiger partial charge in [-0.2, -0.15) is 0 Å². The Balaban J connectivity index is 2.83. The Kier molecular flexibility index (Phi) is 4.10. The second-order valence-corrected chi connectivity index (χ2v) is 1.77. The van der Waals surface area contributed by atoms with Crippen LogP contribution in [-0.2, 0) is 0 Å². The number of hydrogen-bond acceptors (Lipinski definition) is 1.